The van der Waals surface area contributed by atoms with E-state index in [2.05, 4.69) is 4.98 Å². The van der Waals surface area contributed by atoms with Gasteiger partial charge in [-0.2, -0.15) is 0 Å². The molecular weight excluding hydrogens is 294 g/mol. The van der Waals surface area contributed by atoms with Gasteiger partial charge >= 0.3 is 5.97 Å². The van der Waals surface area contributed by atoms with Crippen molar-refractivity contribution in [3.63, 3.8) is 0 Å². The van der Waals surface area contributed by atoms with Gasteiger partial charge < -0.3 is 9.84 Å². The summed E-state index contributed by atoms with van der Waals surface area (Å²) >= 11 is 1.39. The minimum atomic E-state index is -0.920. The van der Waals surface area contributed by atoms with Crippen LogP contribution in [-0.4, -0.2) is 52.2 Å². The van der Waals surface area contributed by atoms with Gasteiger partial charge in [-0.15, -0.1) is 11.3 Å². The van der Waals surface area contributed by atoms with Gasteiger partial charge in [0.2, 0.25) is 0 Å². The third kappa shape index (κ3) is 3.87. The number of nitrogens with zero attached hydrogens (tertiary/aromatic N) is 3. The first-order valence-electron chi connectivity index (χ1n) is 6.41. The third-order valence-electron chi connectivity index (χ3n) is 2.98. The van der Waals surface area contributed by atoms with Crippen molar-refractivity contribution in [2.75, 3.05) is 26.8 Å². The van der Waals surface area contributed by atoms with Crippen LogP contribution in [-0.2, 0) is 16.1 Å². The van der Waals surface area contributed by atoms with E-state index in [1.165, 1.54) is 17.4 Å². The van der Waals surface area contributed by atoms with Gasteiger partial charge in [0.1, 0.15) is 0 Å². The maximum Gasteiger partial charge on any atom is 0.317 e. The minimum Gasteiger partial charge on any atom is -0.480 e. The number of hydrogen-bond donors (Lipinski definition) is 1. The molecule has 0 aliphatic carbocycles. The summed E-state index contributed by atoms with van der Waals surface area (Å²) in [5.74, 6) is -0.920. The van der Waals surface area contributed by atoms with Crippen LogP contribution in [0.15, 0.2) is 16.2 Å². The molecule has 0 bridgehead atoms. The van der Waals surface area contributed by atoms with E-state index in [-0.39, 0.29) is 12.1 Å². The van der Waals surface area contributed by atoms with E-state index in [0.717, 1.165) is 5.69 Å². The molecule has 0 aliphatic heterocycles. The van der Waals surface area contributed by atoms with E-state index in [4.69, 9.17) is 9.84 Å². The lowest BCUT2D eigenvalue weighted by atomic mass is 10.3. The molecule has 0 aromatic carbocycles. The number of methoxy groups -OCH3 is 1. The first-order valence-corrected chi connectivity index (χ1v) is 7.29. The maximum atomic E-state index is 12.1. The van der Waals surface area contributed by atoms with Gasteiger partial charge in [-0.05, 0) is 6.92 Å². The van der Waals surface area contributed by atoms with E-state index in [0.29, 0.717) is 30.4 Å². The minimum absolute atomic E-state index is 0.117. The quantitative estimate of drug-likeness (QED) is 0.806. The summed E-state index contributed by atoms with van der Waals surface area (Å²) in [6.45, 7) is 2.92. The van der Waals surface area contributed by atoms with Crippen molar-refractivity contribution in [2.24, 2.45) is 0 Å². The van der Waals surface area contributed by atoms with Gasteiger partial charge in [-0.3, -0.25) is 18.9 Å². The molecule has 0 spiro atoms. The number of fused-ring (bicyclic) bond motifs is 1. The lowest BCUT2D eigenvalue weighted by molar-refractivity contribution is -0.138. The second kappa shape index (κ2) is 6.79. The number of ether oxygens (including phenoxy) is 1. The lowest BCUT2D eigenvalue weighted by Gasteiger charge is -2.19. The molecule has 0 atom stereocenters. The molecule has 2 aromatic rings. The van der Waals surface area contributed by atoms with Gasteiger partial charge in [0, 0.05) is 37.3 Å². The Bertz CT molecular complexity index is 694. The largest absolute Gasteiger partial charge is 0.480 e. The Labute approximate surface area is 125 Å². The van der Waals surface area contributed by atoms with Crippen LogP contribution in [0, 0.1) is 6.92 Å². The van der Waals surface area contributed by atoms with E-state index < -0.39 is 5.97 Å². The molecule has 2 heterocycles. The highest BCUT2D eigenvalue weighted by molar-refractivity contribution is 7.15. The summed E-state index contributed by atoms with van der Waals surface area (Å²) in [6, 6.07) is 1.45. The Morgan fingerprint density at radius 1 is 1.57 bits per heavy atom. The molecule has 1 N–H and O–H groups in total. The third-order valence-corrected chi connectivity index (χ3v) is 3.93. The molecule has 0 saturated heterocycles. The molecule has 0 unspecified atom stereocenters. The van der Waals surface area contributed by atoms with Crippen LogP contribution >= 0.6 is 11.3 Å². The van der Waals surface area contributed by atoms with Gasteiger partial charge in [0.05, 0.1) is 18.8 Å². The van der Waals surface area contributed by atoms with Crippen LogP contribution in [0.25, 0.3) is 4.96 Å². The summed E-state index contributed by atoms with van der Waals surface area (Å²) < 4.78 is 6.52. The SMILES string of the molecule is COCCN(CC(=O)O)Cc1cc(=O)n2c(C)csc2n1. The molecule has 114 valence electrons. The Morgan fingerprint density at radius 3 is 3.00 bits per heavy atom. The average Bonchev–Trinajstić information content (AvgIpc) is 2.77. The van der Waals surface area contributed by atoms with Crippen molar-refractivity contribution < 1.29 is 14.6 Å². The smallest absolute Gasteiger partial charge is 0.317 e. The van der Waals surface area contributed by atoms with Crippen molar-refractivity contribution in [3.8, 4) is 0 Å². The number of carbonyl (C=O) groups is 1. The molecule has 0 saturated carbocycles. The first kappa shape index (κ1) is 15.6. The number of rotatable bonds is 7. The van der Waals surface area contributed by atoms with Crippen molar-refractivity contribution in [1.82, 2.24) is 14.3 Å². The van der Waals surface area contributed by atoms with Gasteiger partial charge in [-0.25, -0.2) is 4.98 Å². The fraction of sp³-hybridized carbons (Fsp3) is 0.462. The molecule has 21 heavy (non-hydrogen) atoms. The van der Waals surface area contributed by atoms with E-state index >= 15 is 0 Å². The van der Waals surface area contributed by atoms with Crippen molar-refractivity contribution in [2.45, 2.75) is 13.5 Å². The topological polar surface area (TPSA) is 84.1 Å². The summed E-state index contributed by atoms with van der Waals surface area (Å²) in [5, 5.41) is 10.8. The second-order valence-corrected chi connectivity index (χ2v) is 5.51. The van der Waals surface area contributed by atoms with Gasteiger partial charge in [0.25, 0.3) is 5.56 Å². The van der Waals surface area contributed by atoms with Crippen LogP contribution in [0.1, 0.15) is 11.4 Å². The first-order chi connectivity index (χ1) is 10.0. The van der Waals surface area contributed by atoms with Crippen LogP contribution in [0.4, 0.5) is 0 Å². The zero-order valence-corrected chi connectivity index (χ0v) is 12.7. The number of hydrogen-bond acceptors (Lipinski definition) is 6. The van der Waals surface area contributed by atoms with E-state index in [1.54, 1.807) is 16.4 Å². The molecule has 2 rings (SSSR count). The van der Waals surface area contributed by atoms with Crippen molar-refractivity contribution >= 4 is 22.3 Å². The highest BCUT2D eigenvalue weighted by Crippen LogP contribution is 2.12. The Hall–Kier alpha value is -1.77. The number of carboxylic acids is 1. The van der Waals surface area contributed by atoms with Crippen LogP contribution in [0.5, 0.6) is 0 Å². The summed E-state index contributed by atoms with van der Waals surface area (Å²) in [4.78, 5) is 29.7. The van der Waals surface area contributed by atoms with Crippen LogP contribution < -0.4 is 5.56 Å². The molecule has 7 nitrogen and oxygen atoms in total. The molecule has 8 heteroatoms. The predicted octanol–water partition coefficient (Wildman–Crippen LogP) is 0.597. The predicted molar refractivity (Wildman–Crippen MR) is 78.9 cm³/mol. The second-order valence-electron chi connectivity index (χ2n) is 4.68. The number of aliphatic carboxylic acids is 1. The zero-order chi connectivity index (χ0) is 15.4. The molecular formula is C13H17N3O4S. The Balaban J connectivity index is 2.23. The summed E-state index contributed by atoms with van der Waals surface area (Å²) in [5.41, 5.74) is 1.27. The molecule has 0 radical (unpaired) electrons. The fourth-order valence-corrected chi connectivity index (χ4v) is 2.93. The van der Waals surface area contributed by atoms with E-state index in [1.807, 2.05) is 12.3 Å². The normalized spacial score (nSPS) is 11.4. The van der Waals surface area contributed by atoms with Crippen molar-refractivity contribution in [1.29, 1.82) is 0 Å². The molecule has 0 fully saturated rings. The maximum absolute atomic E-state index is 12.1. The Morgan fingerprint density at radius 2 is 2.33 bits per heavy atom. The number of carboxylic acid groups (broad SMARTS) is 1. The monoisotopic (exact) mass is 311 g/mol. The van der Waals surface area contributed by atoms with E-state index in [9.17, 15) is 9.59 Å². The number of thiazole rings is 1. The zero-order valence-electron chi connectivity index (χ0n) is 11.9. The highest BCUT2D eigenvalue weighted by atomic mass is 32.1. The lowest BCUT2D eigenvalue weighted by Crippen LogP contribution is -2.33. The van der Waals surface area contributed by atoms with Crippen LogP contribution in [0.3, 0.4) is 0 Å². The van der Waals surface area contributed by atoms with Crippen LogP contribution in [0.2, 0.25) is 0 Å². The summed E-state index contributed by atoms with van der Waals surface area (Å²) in [7, 11) is 1.56. The highest BCUT2D eigenvalue weighted by Gasteiger charge is 2.13. The molecule has 2 aromatic heterocycles. The average molecular weight is 311 g/mol. The molecule has 0 amide bonds. The number of aromatic nitrogens is 2. The Kier molecular flexibility index (Phi) is 5.05. The van der Waals surface area contributed by atoms with Crippen molar-refractivity contribution in [3.05, 3.63) is 33.2 Å². The fourth-order valence-electron chi connectivity index (χ4n) is 2.04. The van der Waals surface area contributed by atoms with Gasteiger partial charge in [0.15, 0.2) is 4.96 Å². The standard InChI is InChI=1S/C13H17N3O4S/c1-9-8-21-13-14-10(5-11(17)16(9)13)6-15(3-4-20-2)7-12(18)19/h5,8H,3-4,6-7H2,1-2H3,(H,18,19). The number of aryl methyl sites for hydroxylation is 1. The van der Waals surface area contributed by atoms with Gasteiger partial charge in [-0.1, -0.05) is 0 Å². The summed E-state index contributed by atoms with van der Waals surface area (Å²) in [6.07, 6.45) is 0. The molecule has 0 aliphatic rings.